The first kappa shape index (κ1) is 16.5. The van der Waals surface area contributed by atoms with Crippen molar-refractivity contribution in [1.82, 2.24) is 15.1 Å². The summed E-state index contributed by atoms with van der Waals surface area (Å²) in [5.74, 6) is 0.781. The van der Waals surface area contributed by atoms with Gasteiger partial charge in [0.15, 0.2) is 0 Å². The van der Waals surface area contributed by atoms with Gasteiger partial charge in [-0.15, -0.1) is 0 Å². The molecule has 0 atom stereocenters. The van der Waals surface area contributed by atoms with E-state index in [1.165, 1.54) is 43.7 Å². The molecule has 0 bridgehead atoms. The molecule has 3 nitrogen and oxygen atoms in total. The van der Waals surface area contributed by atoms with Crippen LogP contribution in [-0.2, 0) is 13.1 Å². The number of hydrogen-bond acceptors (Lipinski definition) is 3. The first-order chi connectivity index (χ1) is 10.1. The number of likely N-dealkylation sites (N-methyl/N-ethyl adjacent to an activating group) is 1. The lowest BCUT2D eigenvalue weighted by Crippen LogP contribution is -2.43. The van der Waals surface area contributed by atoms with Crippen LogP contribution in [0.2, 0.25) is 0 Å². The van der Waals surface area contributed by atoms with Gasteiger partial charge in [0.25, 0.3) is 0 Å². The van der Waals surface area contributed by atoms with Crippen molar-refractivity contribution in [2.24, 2.45) is 5.92 Å². The Labute approximate surface area is 130 Å². The van der Waals surface area contributed by atoms with Crippen LogP contribution < -0.4 is 5.32 Å². The first-order valence-corrected chi connectivity index (χ1v) is 8.33. The third-order valence-corrected chi connectivity index (χ3v) is 4.25. The van der Waals surface area contributed by atoms with Crippen LogP contribution in [-0.4, -0.2) is 49.6 Å². The minimum absolute atomic E-state index is 0.781. The Morgan fingerprint density at radius 1 is 1.00 bits per heavy atom. The Morgan fingerprint density at radius 3 is 2.24 bits per heavy atom. The molecule has 2 rings (SSSR count). The van der Waals surface area contributed by atoms with Crippen LogP contribution >= 0.6 is 0 Å². The summed E-state index contributed by atoms with van der Waals surface area (Å²) in [6.45, 7) is 12.5. The maximum atomic E-state index is 3.52. The van der Waals surface area contributed by atoms with Crippen LogP contribution in [0.1, 0.15) is 31.4 Å². The summed E-state index contributed by atoms with van der Waals surface area (Å²) < 4.78 is 0. The van der Waals surface area contributed by atoms with Gasteiger partial charge in [0.05, 0.1) is 0 Å². The zero-order valence-electron chi connectivity index (χ0n) is 13.9. The van der Waals surface area contributed by atoms with Crippen molar-refractivity contribution >= 4 is 0 Å². The monoisotopic (exact) mass is 289 g/mol. The van der Waals surface area contributed by atoms with Crippen molar-refractivity contribution in [3.8, 4) is 0 Å². The smallest absolute Gasteiger partial charge is 0.0234 e. The van der Waals surface area contributed by atoms with Gasteiger partial charge in [-0.05, 0) is 37.1 Å². The average Bonchev–Trinajstić information content (AvgIpc) is 2.47. The van der Waals surface area contributed by atoms with Gasteiger partial charge in [-0.3, -0.25) is 4.90 Å². The van der Waals surface area contributed by atoms with Crippen molar-refractivity contribution in [1.29, 1.82) is 0 Å². The summed E-state index contributed by atoms with van der Waals surface area (Å²) in [4.78, 5) is 4.96. The zero-order chi connectivity index (χ0) is 15.1. The molecule has 118 valence electrons. The summed E-state index contributed by atoms with van der Waals surface area (Å²) in [6.07, 6.45) is 1.25. The van der Waals surface area contributed by atoms with E-state index in [1.54, 1.807) is 0 Å². The van der Waals surface area contributed by atoms with Gasteiger partial charge < -0.3 is 10.2 Å². The van der Waals surface area contributed by atoms with E-state index in [4.69, 9.17) is 0 Å². The van der Waals surface area contributed by atoms with E-state index in [0.717, 1.165) is 25.6 Å². The van der Waals surface area contributed by atoms with Crippen molar-refractivity contribution in [3.63, 3.8) is 0 Å². The van der Waals surface area contributed by atoms with Gasteiger partial charge in [-0.2, -0.15) is 0 Å². The fourth-order valence-electron chi connectivity index (χ4n) is 2.65. The number of nitrogens with zero attached hydrogens (tertiary/aromatic N) is 2. The molecule has 0 radical (unpaired) electrons. The number of hydrogen-bond donors (Lipinski definition) is 1. The molecule has 1 fully saturated rings. The molecule has 0 aromatic heterocycles. The SMILES string of the molecule is CC(C)CCNCc1ccc(CN2CCN(C)CC2)cc1. The topological polar surface area (TPSA) is 18.5 Å². The Hall–Kier alpha value is -0.900. The molecule has 1 heterocycles. The van der Waals surface area contributed by atoms with Crippen LogP contribution in [0.5, 0.6) is 0 Å². The molecule has 1 aromatic carbocycles. The van der Waals surface area contributed by atoms with Crippen molar-refractivity contribution < 1.29 is 0 Å². The van der Waals surface area contributed by atoms with E-state index >= 15 is 0 Å². The van der Waals surface area contributed by atoms with E-state index in [9.17, 15) is 0 Å². The molecule has 1 N–H and O–H groups in total. The minimum atomic E-state index is 0.781. The predicted octanol–water partition coefficient (Wildman–Crippen LogP) is 2.57. The minimum Gasteiger partial charge on any atom is -0.313 e. The second kappa shape index (κ2) is 8.52. The number of benzene rings is 1. The molecule has 3 heteroatoms. The van der Waals surface area contributed by atoms with Gasteiger partial charge in [0.1, 0.15) is 0 Å². The third-order valence-electron chi connectivity index (χ3n) is 4.25. The van der Waals surface area contributed by atoms with Crippen molar-refractivity contribution in [3.05, 3.63) is 35.4 Å². The average molecular weight is 289 g/mol. The molecule has 1 aliphatic rings. The third kappa shape index (κ3) is 6.16. The van der Waals surface area contributed by atoms with Gasteiger partial charge in [0.2, 0.25) is 0 Å². The van der Waals surface area contributed by atoms with Gasteiger partial charge in [0, 0.05) is 39.3 Å². The lowest BCUT2D eigenvalue weighted by molar-refractivity contribution is 0.148. The Balaban J connectivity index is 1.71. The molecule has 0 saturated carbocycles. The Kier molecular flexibility index (Phi) is 6.68. The highest BCUT2D eigenvalue weighted by Crippen LogP contribution is 2.10. The molecule has 0 amide bonds. The maximum absolute atomic E-state index is 3.52. The lowest BCUT2D eigenvalue weighted by atomic mass is 10.1. The van der Waals surface area contributed by atoms with Gasteiger partial charge in [-0.25, -0.2) is 0 Å². The molecule has 0 aliphatic carbocycles. The summed E-state index contributed by atoms with van der Waals surface area (Å²) in [5, 5.41) is 3.52. The van der Waals surface area contributed by atoms with Crippen LogP contribution in [0.3, 0.4) is 0 Å². The quantitative estimate of drug-likeness (QED) is 0.778. The predicted molar refractivity (Wildman–Crippen MR) is 90.4 cm³/mol. The fraction of sp³-hybridized carbons (Fsp3) is 0.667. The van der Waals surface area contributed by atoms with E-state index in [1.807, 2.05) is 0 Å². The normalized spacial score (nSPS) is 17.5. The van der Waals surface area contributed by atoms with Gasteiger partial charge in [-0.1, -0.05) is 38.1 Å². The largest absolute Gasteiger partial charge is 0.313 e. The molecule has 1 saturated heterocycles. The number of piperazine rings is 1. The van der Waals surface area contributed by atoms with Crippen LogP contribution in [0, 0.1) is 5.92 Å². The summed E-state index contributed by atoms with van der Waals surface area (Å²) >= 11 is 0. The number of rotatable bonds is 7. The molecule has 1 aromatic rings. The van der Waals surface area contributed by atoms with Crippen LogP contribution in [0.4, 0.5) is 0 Å². The Bertz CT molecular complexity index is 391. The van der Waals surface area contributed by atoms with Crippen LogP contribution in [0.25, 0.3) is 0 Å². The molecular formula is C18H31N3. The summed E-state index contributed by atoms with van der Waals surface area (Å²) in [6, 6.07) is 9.12. The standard InChI is InChI=1S/C18H31N3/c1-16(2)8-9-19-14-17-4-6-18(7-5-17)15-21-12-10-20(3)11-13-21/h4-7,16,19H,8-15H2,1-3H3. The zero-order valence-corrected chi connectivity index (χ0v) is 13.9. The van der Waals surface area contributed by atoms with Crippen molar-refractivity contribution in [2.45, 2.75) is 33.4 Å². The first-order valence-electron chi connectivity index (χ1n) is 8.33. The summed E-state index contributed by atoms with van der Waals surface area (Å²) in [5.41, 5.74) is 2.83. The molecular weight excluding hydrogens is 258 g/mol. The van der Waals surface area contributed by atoms with Crippen LogP contribution in [0.15, 0.2) is 24.3 Å². The Morgan fingerprint density at radius 2 is 1.62 bits per heavy atom. The lowest BCUT2D eigenvalue weighted by Gasteiger charge is -2.32. The summed E-state index contributed by atoms with van der Waals surface area (Å²) in [7, 11) is 2.21. The highest BCUT2D eigenvalue weighted by molar-refractivity contribution is 5.22. The van der Waals surface area contributed by atoms with Gasteiger partial charge >= 0.3 is 0 Å². The van der Waals surface area contributed by atoms with E-state index in [2.05, 4.69) is 60.3 Å². The maximum Gasteiger partial charge on any atom is 0.0234 e. The highest BCUT2D eigenvalue weighted by Gasteiger charge is 2.13. The fourth-order valence-corrected chi connectivity index (χ4v) is 2.65. The highest BCUT2D eigenvalue weighted by atomic mass is 15.2. The molecule has 1 aliphatic heterocycles. The molecule has 0 unspecified atom stereocenters. The van der Waals surface area contributed by atoms with E-state index in [-0.39, 0.29) is 0 Å². The second-order valence-corrected chi connectivity index (χ2v) is 6.76. The number of nitrogens with one attached hydrogen (secondary N) is 1. The van der Waals surface area contributed by atoms with E-state index in [0.29, 0.717) is 0 Å². The van der Waals surface area contributed by atoms with E-state index < -0.39 is 0 Å². The second-order valence-electron chi connectivity index (χ2n) is 6.76. The molecule has 0 spiro atoms. The van der Waals surface area contributed by atoms with Crippen molar-refractivity contribution in [2.75, 3.05) is 39.8 Å². The molecule has 21 heavy (non-hydrogen) atoms.